The van der Waals surface area contributed by atoms with Crippen LogP contribution in [0.4, 0.5) is 0 Å². The summed E-state index contributed by atoms with van der Waals surface area (Å²) in [6.07, 6.45) is 8.26. The molecule has 0 radical (unpaired) electrons. The second-order valence-electron chi connectivity index (χ2n) is 4.44. The molecule has 1 aromatic rings. The van der Waals surface area contributed by atoms with Crippen molar-refractivity contribution in [2.45, 2.75) is 56.9 Å². The van der Waals surface area contributed by atoms with Crippen molar-refractivity contribution in [2.24, 2.45) is 5.73 Å². The number of tetrazole rings is 1. The molecule has 1 heterocycles. The minimum Gasteiger partial charge on any atom is -0.328 e. The van der Waals surface area contributed by atoms with Crippen molar-refractivity contribution in [1.29, 1.82) is 0 Å². The Morgan fingerprint density at radius 3 is 2.60 bits per heavy atom. The number of rotatable bonds is 1. The summed E-state index contributed by atoms with van der Waals surface area (Å²) >= 11 is 0. The zero-order valence-electron chi connectivity index (χ0n) is 9.02. The van der Waals surface area contributed by atoms with Crippen LogP contribution in [-0.2, 0) is 0 Å². The molecule has 0 aliphatic heterocycles. The van der Waals surface area contributed by atoms with Gasteiger partial charge in [-0.15, -0.1) is 10.2 Å². The van der Waals surface area contributed by atoms with E-state index >= 15 is 0 Å². The van der Waals surface area contributed by atoms with Crippen LogP contribution in [0.15, 0.2) is 0 Å². The summed E-state index contributed by atoms with van der Waals surface area (Å²) in [4.78, 5) is 0. The van der Waals surface area contributed by atoms with E-state index in [1.807, 2.05) is 0 Å². The van der Waals surface area contributed by atoms with Crippen molar-refractivity contribution in [3.8, 4) is 0 Å². The zero-order chi connectivity index (χ0) is 10.5. The average molecular weight is 209 g/mol. The van der Waals surface area contributed by atoms with E-state index < -0.39 is 0 Å². The number of hydrogen-bond donors (Lipinski definition) is 2. The van der Waals surface area contributed by atoms with Crippen LogP contribution in [0.1, 0.15) is 56.7 Å². The predicted molar refractivity (Wildman–Crippen MR) is 57.2 cm³/mol. The molecule has 3 N–H and O–H groups in total. The van der Waals surface area contributed by atoms with Gasteiger partial charge in [-0.3, -0.25) is 0 Å². The Morgan fingerprint density at radius 2 is 1.80 bits per heavy atom. The third-order valence-corrected chi connectivity index (χ3v) is 3.23. The molecule has 1 aromatic heterocycles. The van der Waals surface area contributed by atoms with Crippen LogP contribution in [0.5, 0.6) is 0 Å². The van der Waals surface area contributed by atoms with E-state index in [1.165, 1.54) is 32.1 Å². The smallest absolute Gasteiger partial charge is 0.177 e. The van der Waals surface area contributed by atoms with Crippen LogP contribution < -0.4 is 5.73 Å². The van der Waals surface area contributed by atoms with Gasteiger partial charge in [-0.2, -0.15) is 5.21 Å². The topological polar surface area (TPSA) is 80.5 Å². The van der Waals surface area contributed by atoms with Crippen LogP contribution in [0, 0.1) is 0 Å². The van der Waals surface area contributed by atoms with Gasteiger partial charge in [0, 0.05) is 12.0 Å². The molecule has 1 aliphatic carbocycles. The molecule has 1 saturated carbocycles. The van der Waals surface area contributed by atoms with Crippen molar-refractivity contribution in [1.82, 2.24) is 20.6 Å². The first kappa shape index (κ1) is 10.5. The number of nitrogens with zero attached hydrogens (tertiary/aromatic N) is 3. The minimum atomic E-state index is 0.397. The highest BCUT2D eigenvalue weighted by molar-refractivity contribution is 4.91. The van der Waals surface area contributed by atoms with Crippen LogP contribution in [0.3, 0.4) is 0 Å². The molecule has 5 heteroatoms. The Bertz CT molecular complexity index is 271. The van der Waals surface area contributed by atoms with E-state index in [-0.39, 0.29) is 0 Å². The van der Waals surface area contributed by atoms with Gasteiger partial charge in [0.2, 0.25) is 0 Å². The van der Waals surface area contributed by atoms with Gasteiger partial charge in [0.05, 0.1) is 0 Å². The van der Waals surface area contributed by atoms with Crippen LogP contribution in [0.2, 0.25) is 0 Å². The highest BCUT2D eigenvalue weighted by Gasteiger charge is 2.18. The van der Waals surface area contributed by atoms with Crippen molar-refractivity contribution in [3.63, 3.8) is 0 Å². The Morgan fingerprint density at radius 1 is 1.07 bits per heavy atom. The second kappa shape index (κ2) is 5.21. The van der Waals surface area contributed by atoms with E-state index in [9.17, 15) is 0 Å². The number of nitrogens with two attached hydrogens (primary N) is 1. The maximum atomic E-state index is 5.99. The molecular weight excluding hydrogens is 190 g/mol. The van der Waals surface area contributed by atoms with Gasteiger partial charge in [-0.1, -0.05) is 24.5 Å². The van der Waals surface area contributed by atoms with Gasteiger partial charge < -0.3 is 5.73 Å². The molecule has 2 atom stereocenters. The number of aromatic amines is 1. The lowest BCUT2D eigenvalue weighted by Gasteiger charge is -2.10. The number of hydrogen-bond acceptors (Lipinski definition) is 4. The molecule has 84 valence electrons. The van der Waals surface area contributed by atoms with Gasteiger partial charge in [0.15, 0.2) is 5.82 Å². The third-order valence-electron chi connectivity index (χ3n) is 3.23. The van der Waals surface area contributed by atoms with Gasteiger partial charge in [-0.25, -0.2) is 0 Å². The van der Waals surface area contributed by atoms with Gasteiger partial charge in [0.1, 0.15) is 0 Å². The Balaban J connectivity index is 1.94. The van der Waals surface area contributed by atoms with Gasteiger partial charge >= 0.3 is 0 Å². The summed E-state index contributed by atoms with van der Waals surface area (Å²) in [6, 6.07) is 0.397. The van der Waals surface area contributed by atoms with Crippen molar-refractivity contribution in [3.05, 3.63) is 5.82 Å². The quantitative estimate of drug-likeness (QED) is 0.731. The lowest BCUT2D eigenvalue weighted by atomic mass is 9.96. The number of nitrogens with one attached hydrogen (secondary N) is 1. The molecule has 0 saturated heterocycles. The molecule has 0 aromatic carbocycles. The highest BCUT2D eigenvalue weighted by Crippen LogP contribution is 2.27. The molecular formula is C10H19N5. The Labute approximate surface area is 89.8 Å². The van der Waals surface area contributed by atoms with E-state index in [2.05, 4.69) is 20.6 Å². The fraction of sp³-hybridized carbons (Fsp3) is 0.900. The fourth-order valence-corrected chi connectivity index (χ4v) is 2.31. The first-order chi connectivity index (χ1) is 7.36. The molecule has 1 aliphatic rings. The standard InChI is InChI=1S/C10H19N5/c11-9-6-2-1-4-8(5-3-7-9)10-12-14-15-13-10/h8-9H,1-7,11H2,(H,12,13,14,15). The lowest BCUT2D eigenvalue weighted by molar-refractivity contribution is 0.510. The molecule has 2 unspecified atom stereocenters. The van der Waals surface area contributed by atoms with Crippen molar-refractivity contribution < 1.29 is 0 Å². The maximum Gasteiger partial charge on any atom is 0.177 e. The number of H-pyrrole nitrogens is 1. The molecule has 1 fully saturated rings. The maximum absolute atomic E-state index is 5.99. The molecule has 0 bridgehead atoms. The monoisotopic (exact) mass is 209 g/mol. The van der Waals surface area contributed by atoms with Crippen LogP contribution in [-0.4, -0.2) is 26.7 Å². The van der Waals surface area contributed by atoms with Crippen LogP contribution in [0.25, 0.3) is 0 Å². The van der Waals surface area contributed by atoms with Crippen molar-refractivity contribution >= 4 is 0 Å². The summed E-state index contributed by atoms with van der Waals surface area (Å²) in [7, 11) is 0. The van der Waals surface area contributed by atoms with E-state index in [0.29, 0.717) is 12.0 Å². The average Bonchev–Trinajstić information content (AvgIpc) is 2.74. The van der Waals surface area contributed by atoms with Crippen LogP contribution >= 0.6 is 0 Å². The second-order valence-corrected chi connectivity index (χ2v) is 4.44. The summed E-state index contributed by atoms with van der Waals surface area (Å²) in [6.45, 7) is 0. The van der Waals surface area contributed by atoms with Crippen molar-refractivity contribution in [2.75, 3.05) is 0 Å². The summed E-state index contributed by atoms with van der Waals surface area (Å²) in [5.74, 6) is 1.36. The molecule has 0 amide bonds. The summed E-state index contributed by atoms with van der Waals surface area (Å²) < 4.78 is 0. The van der Waals surface area contributed by atoms with E-state index in [0.717, 1.165) is 18.7 Å². The lowest BCUT2D eigenvalue weighted by Crippen LogP contribution is -2.18. The normalized spacial score (nSPS) is 29.1. The van der Waals surface area contributed by atoms with E-state index in [4.69, 9.17) is 5.73 Å². The molecule has 2 rings (SSSR count). The minimum absolute atomic E-state index is 0.397. The SMILES string of the molecule is NC1CCCCC(c2nn[nH]n2)CCC1. The van der Waals surface area contributed by atoms with Gasteiger partial charge in [-0.05, 0) is 25.7 Å². The third kappa shape index (κ3) is 2.99. The number of aromatic nitrogens is 4. The molecule has 5 nitrogen and oxygen atoms in total. The summed E-state index contributed by atoms with van der Waals surface area (Å²) in [5, 5.41) is 14.3. The largest absolute Gasteiger partial charge is 0.328 e. The first-order valence-corrected chi connectivity index (χ1v) is 5.85. The van der Waals surface area contributed by atoms with E-state index in [1.54, 1.807) is 0 Å². The molecule has 15 heavy (non-hydrogen) atoms. The van der Waals surface area contributed by atoms with Gasteiger partial charge in [0.25, 0.3) is 0 Å². The molecule has 0 spiro atoms. The summed E-state index contributed by atoms with van der Waals surface area (Å²) in [5.41, 5.74) is 5.99. The predicted octanol–water partition coefficient (Wildman–Crippen LogP) is 1.35. The zero-order valence-corrected chi connectivity index (χ0v) is 9.02. The fourth-order valence-electron chi connectivity index (χ4n) is 2.31. The highest BCUT2D eigenvalue weighted by atomic mass is 15.5. The Hall–Kier alpha value is -0.970. The first-order valence-electron chi connectivity index (χ1n) is 5.85. The Kier molecular flexibility index (Phi) is 3.66.